The fraction of sp³-hybridized carbons (Fsp3) is 0.235. The number of ketones is 1. The van der Waals surface area contributed by atoms with Gasteiger partial charge >= 0.3 is 0 Å². The lowest BCUT2D eigenvalue weighted by atomic mass is 9.93. The highest BCUT2D eigenvalue weighted by Crippen LogP contribution is 2.37. The summed E-state index contributed by atoms with van der Waals surface area (Å²) in [7, 11) is 0. The summed E-state index contributed by atoms with van der Waals surface area (Å²) in [5, 5.41) is 0.561. The SMILES string of the molecule is Cc1ccc(C2CC(=O)c3cc(Cl)ccc3O2)c(C)c1. The van der Waals surface area contributed by atoms with Crippen LogP contribution in [-0.4, -0.2) is 5.78 Å². The maximum Gasteiger partial charge on any atom is 0.170 e. The summed E-state index contributed by atoms with van der Waals surface area (Å²) >= 11 is 5.93. The number of carbonyl (C=O) groups excluding carboxylic acids is 1. The summed E-state index contributed by atoms with van der Waals surface area (Å²) in [6.07, 6.45) is 0.147. The summed E-state index contributed by atoms with van der Waals surface area (Å²) in [6, 6.07) is 11.4. The lowest BCUT2D eigenvalue weighted by Gasteiger charge is -2.26. The molecule has 1 atom stereocenters. The summed E-state index contributed by atoms with van der Waals surface area (Å²) in [5.74, 6) is 0.703. The molecule has 0 fully saturated rings. The Morgan fingerprint density at radius 3 is 2.70 bits per heavy atom. The van der Waals surface area contributed by atoms with Gasteiger partial charge in [-0.25, -0.2) is 0 Å². The minimum absolute atomic E-state index is 0.0822. The van der Waals surface area contributed by atoms with Crippen molar-refractivity contribution in [2.24, 2.45) is 0 Å². The predicted octanol–water partition coefficient (Wildman–Crippen LogP) is 4.66. The number of carbonyl (C=O) groups is 1. The van der Waals surface area contributed by atoms with Crippen molar-refractivity contribution in [2.45, 2.75) is 26.4 Å². The van der Waals surface area contributed by atoms with Gasteiger partial charge in [-0.3, -0.25) is 4.79 Å². The highest BCUT2D eigenvalue weighted by atomic mass is 35.5. The van der Waals surface area contributed by atoms with Crippen LogP contribution in [0.3, 0.4) is 0 Å². The molecule has 0 saturated carbocycles. The summed E-state index contributed by atoms with van der Waals surface area (Å²) in [5.41, 5.74) is 4.02. The molecule has 0 aliphatic carbocycles. The standard InChI is InChI=1S/C17H15ClO2/c1-10-3-5-13(11(2)7-10)17-9-15(19)14-8-12(18)4-6-16(14)20-17/h3-8,17H,9H2,1-2H3. The van der Waals surface area contributed by atoms with Crippen LogP contribution in [0.5, 0.6) is 5.75 Å². The van der Waals surface area contributed by atoms with E-state index in [0.29, 0.717) is 22.8 Å². The van der Waals surface area contributed by atoms with E-state index in [1.54, 1.807) is 18.2 Å². The third-order valence-electron chi connectivity index (χ3n) is 3.65. The van der Waals surface area contributed by atoms with Crippen LogP contribution in [0.2, 0.25) is 5.02 Å². The van der Waals surface area contributed by atoms with Gasteiger partial charge in [0.05, 0.1) is 12.0 Å². The summed E-state index contributed by atoms with van der Waals surface area (Å²) < 4.78 is 5.98. The van der Waals surface area contributed by atoms with Crippen molar-refractivity contribution in [2.75, 3.05) is 0 Å². The average molecular weight is 287 g/mol. The summed E-state index contributed by atoms with van der Waals surface area (Å²) in [4.78, 5) is 12.3. The van der Waals surface area contributed by atoms with Crippen molar-refractivity contribution in [3.8, 4) is 5.75 Å². The molecular formula is C17H15ClO2. The normalized spacial score (nSPS) is 17.6. The molecule has 0 spiro atoms. The molecule has 1 aliphatic heterocycles. The van der Waals surface area contributed by atoms with Gasteiger partial charge in [-0.2, -0.15) is 0 Å². The first kappa shape index (κ1) is 13.2. The van der Waals surface area contributed by atoms with Crippen molar-refractivity contribution in [1.82, 2.24) is 0 Å². The Hall–Kier alpha value is -1.80. The van der Waals surface area contributed by atoms with Crippen LogP contribution in [0, 0.1) is 13.8 Å². The second-order valence-corrected chi connectivity index (χ2v) is 5.67. The Bertz CT molecular complexity index is 691. The van der Waals surface area contributed by atoms with Gasteiger partial charge in [0.15, 0.2) is 5.78 Å². The number of fused-ring (bicyclic) bond motifs is 1. The zero-order valence-electron chi connectivity index (χ0n) is 11.4. The first-order chi connectivity index (χ1) is 9.54. The fourth-order valence-electron chi connectivity index (χ4n) is 2.66. The zero-order chi connectivity index (χ0) is 14.3. The number of rotatable bonds is 1. The molecule has 2 aromatic carbocycles. The van der Waals surface area contributed by atoms with E-state index in [-0.39, 0.29) is 11.9 Å². The maximum atomic E-state index is 12.3. The lowest BCUT2D eigenvalue weighted by molar-refractivity contribution is 0.0849. The topological polar surface area (TPSA) is 26.3 Å². The van der Waals surface area contributed by atoms with Crippen molar-refractivity contribution in [3.05, 3.63) is 63.7 Å². The van der Waals surface area contributed by atoms with Crippen molar-refractivity contribution >= 4 is 17.4 Å². The van der Waals surface area contributed by atoms with E-state index in [9.17, 15) is 4.79 Å². The monoisotopic (exact) mass is 286 g/mol. The molecule has 3 heteroatoms. The van der Waals surface area contributed by atoms with Crippen LogP contribution < -0.4 is 4.74 Å². The van der Waals surface area contributed by atoms with Gasteiger partial charge in [0.25, 0.3) is 0 Å². The first-order valence-corrected chi connectivity index (χ1v) is 6.99. The van der Waals surface area contributed by atoms with E-state index < -0.39 is 0 Å². The molecule has 0 amide bonds. The molecule has 102 valence electrons. The van der Waals surface area contributed by atoms with Crippen LogP contribution >= 0.6 is 11.6 Å². The Labute approximate surface area is 123 Å². The van der Waals surface area contributed by atoms with Crippen LogP contribution in [0.1, 0.15) is 39.6 Å². The van der Waals surface area contributed by atoms with Crippen molar-refractivity contribution < 1.29 is 9.53 Å². The first-order valence-electron chi connectivity index (χ1n) is 6.61. The molecule has 0 aromatic heterocycles. The average Bonchev–Trinajstić information content (AvgIpc) is 2.39. The number of hydrogen-bond acceptors (Lipinski definition) is 2. The number of hydrogen-bond donors (Lipinski definition) is 0. The van der Waals surface area contributed by atoms with E-state index in [2.05, 4.69) is 13.0 Å². The number of Topliss-reactive ketones (excluding diaryl/α,β-unsaturated/α-hetero) is 1. The highest BCUT2D eigenvalue weighted by Gasteiger charge is 2.28. The summed E-state index contributed by atoms with van der Waals surface area (Å²) in [6.45, 7) is 4.11. The van der Waals surface area contributed by atoms with E-state index in [4.69, 9.17) is 16.3 Å². The predicted molar refractivity (Wildman–Crippen MR) is 79.7 cm³/mol. The second-order valence-electron chi connectivity index (χ2n) is 5.23. The molecule has 3 rings (SSSR count). The smallest absolute Gasteiger partial charge is 0.170 e. The van der Waals surface area contributed by atoms with Crippen molar-refractivity contribution in [1.29, 1.82) is 0 Å². The quantitative estimate of drug-likeness (QED) is 0.762. The largest absolute Gasteiger partial charge is 0.484 e. The minimum atomic E-state index is -0.211. The van der Waals surface area contributed by atoms with Gasteiger partial charge in [0.1, 0.15) is 11.9 Å². The van der Waals surface area contributed by atoms with Crippen LogP contribution in [0.4, 0.5) is 0 Å². The molecule has 2 aromatic rings. The molecule has 2 nitrogen and oxygen atoms in total. The molecule has 0 bridgehead atoms. The van der Waals surface area contributed by atoms with Gasteiger partial charge < -0.3 is 4.74 Å². The van der Waals surface area contributed by atoms with Gasteiger partial charge in [-0.05, 0) is 43.2 Å². The second kappa shape index (κ2) is 4.95. The van der Waals surface area contributed by atoms with E-state index in [1.807, 2.05) is 19.1 Å². The molecule has 1 aliphatic rings. The Morgan fingerprint density at radius 2 is 1.95 bits per heavy atom. The molecule has 20 heavy (non-hydrogen) atoms. The molecule has 1 heterocycles. The number of aryl methyl sites for hydroxylation is 2. The Kier molecular flexibility index (Phi) is 3.27. The van der Waals surface area contributed by atoms with Crippen molar-refractivity contribution in [3.63, 3.8) is 0 Å². The fourth-order valence-corrected chi connectivity index (χ4v) is 2.83. The molecule has 0 saturated heterocycles. The third-order valence-corrected chi connectivity index (χ3v) is 3.89. The van der Waals surface area contributed by atoms with E-state index in [0.717, 1.165) is 11.1 Å². The zero-order valence-corrected chi connectivity index (χ0v) is 12.2. The maximum absolute atomic E-state index is 12.3. The number of ether oxygens (including phenoxy) is 1. The molecule has 0 N–H and O–H groups in total. The third kappa shape index (κ3) is 2.32. The van der Waals surface area contributed by atoms with Crippen LogP contribution in [-0.2, 0) is 0 Å². The van der Waals surface area contributed by atoms with Gasteiger partial charge in [0, 0.05) is 5.02 Å². The van der Waals surface area contributed by atoms with Gasteiger partial charge in [-0.1, -0.05) is 35.4 Å². The Morgan fingerprint density at radius 1 is 1.15 bits per heavy atom. The van der Waals surface area contributed by atoms with Crippen LogP contribution in [0.15, 0.2) is 36.4 Å². The van der Waals surface area contributed by atoms with Gasteiger partial charge in [-0.15, -0.1) is 0 Å². The minimum Gasteiger partial charge on any atom is -0.484 e. The number of benzene rings is 2. The lowest BCUT2D eigenvalue weighted by Crippen LogP contribution is -2.21. The Balaban J connectivity index is 1.99. The van der Waals surface area contributed by atoms with Crippen LogP contribution in [0.25, 0.3) is 0 Å². The molecule has 0 radical (unpaired) electrons. The van der Waals surface area contributed by atoms with E-state index >= 15 is 0 Å². The van der Waals surface area contributed by atoms with Gasteiger partial charge in [0.2, 0.25) is 0 Å². The highest BCUT2D eigenvalue weighted by molar-refractivity contribution is 6.31. The molecule has 1 unspecified atom stereocenters. The van der Waals surface area contributed by atoms with E-state index in [1.165, 1.54) is 5.56 Å². The number of halogens is 1. The molecular weight excluding hydrogens is 272 g/mol.